The molecular formula is C18H27N3O7. The number of hydrogen-bond donors (Lipinski definition) is 2. The van der Waals surface area contributed by atoms with Crippen LogP contribution in [-0.2, 0) is 9.53 Å². The molecule has 0 saturated carbocycles. The van der Waals surface area contributed by atoms with E-state index >= 15 is 0 Å². The first-order valence-corrected chi connectivity index (χ1v) is 8.86. The largest absolute Gasteiger partial charge is 0.493 e. The predicted octanol–water partition coefficient (Wildman–Crippen LogP) is 2.70. The molecular weight excluding hydrogens is 370 g/mol. The van der Waals surface area contributed by atoms with Gasteiger partial charge in [0.15, 0.2) is 11.5 Å². The van der Waals surface area contributed by atoms with E-state index in [1.807, 2.05) is 0 Å². The highest BCUT2D eigenvalue weighted by molar-refractivity contribution is 5.75. The molecule has 1 unspecified atom stereocenters. The number of amides is 2. The number of nitro groups is 1. The Hall–Kier alpha value is -3.04. The molecule has 1 aromatic rings. The summed E-state index contributed by atoms with van der Waals surface area (Å²) < 4.78 is 16.0. The maximum Gasteiger partial charge on any atom is 0.407 e. The normalized spacial score (nSPS) is 11.5. The number of nitrogens with zero attached hydrogens (tertiary/aromatic N) is 1. The molecule has 0 saturated heterocycles. The molecule has 1 rings (SSSR count). The van der Waals surface area contributed by atoms with Crippen LogP contribution < -0.4 is 20.1 Å². The van der Waals surface area contributed by atoms with Crippen LogP contribution in [0.1, 0.15) is 45.3 Å². The highest BCUT2D eigenvalue weighted by Gasteiger charge is 2.26. The number of benzene rings is 1. The quantitative estimate of drug-likeness (QED) is 0.353. The summed E-state index contributed by atoms with van der Waals surface area (Å²) in [7, 11) is 2.94. The Morgan fingerprint density at radius 1 is 1.21 bits per heavy atom. The van der Waals surface area contributed by atoms with Crippen LogP contribution >= 0.6 is 0 Å². The Morgan fingerprint density at radius 3 is 2.43 bits per heavy atom. The number of nitro benzene ring substituents is 1. The van der Waals surface area contributed by atoms with E-state index in [0.29, 0.717) is 6.42 Å². The molecule has 2 N–H and O–H groups in total. The van der Waals surface area contributed by atoms with Crippen LogP contribution in [0.5, 0.6) is 11.5 Å². The zero-order valence-electron chi connectivity index (χ0n) is 16.7. The van der Waals surface area contributed by atoms with Crippen molar-refractivity contribution in [3.63, 3.8) is 0 Å². The Balaban J connectivity index is 3.01. The summed E-state index contributed by atoms with van der Waals surface area (Å²) in [5, 5.41) is 16.6. The molecule has 1 atom stereocenters. The first-order valence-electron chi connectivity index (χ1n) is 8.86. The molecule has 10 heteroatoms. The minimum atomic E-state index is -0.879. The van der Waals surface area contributed by atoms with Gasteiger partial charge < -0.3 is 24.8 Å². The van der Waals surface area contributed by atoms with Gasteiger partial charge in [0.05, 0.1) is 30.3 Å². The van der Waals surface area contributed by atoms with Crippen LogP contribution in [0.25, 0.3) is 0 Å². The van der Waals surface area contributed by atoms with Crippen molar-refractivity contribution >= 4 is 17.7 Å². The van der Waals surface area contributed by atoms with Gasteiger partial charge in [-0.05, 0) is 33.3 Å². The Kier molecular flexibility index (Phi) is 9.00. The van der Waals surface area contributed by atoms with E-state index in [0.717, 1.165) is 0 Å². The van der Waals surface area contributed by atoms with E-state index in [1.54, 1.807) is 20.9 Å². The topological polar surface area (TPSA) is 129 Å². The minimum absolute atomic E-state index is 0.123. The number of carbonyl (C=O) groups is 2. The maximum atomic E-state index is 11.8. The van der Waals surface area contributed by atoms with Crippen molar-refractivity contribution in [2.45, 2.75) is 45.8 Å². The molecule has 0 aliphatic heterocycles. The Bertz CT molecular complexity index is 707. The van der Waals surface area contributed by atoms with Crippen LogP contribution in [0.2, 0.25) is 0 Å². The number of alkyl carbamates (subject to hydrolysis) is 1. The number of hydrogen-bond acceptors (Lipinski definition) is 7. The van der Waals surface area contributed by atoms with Crippen LogP contribution in [-0.4, -0.2) is 43.7 Å². The van der Waals surface area contributed by atoms with E-state index in [2.05, 4.69) is 10.6 Å². The summed E-state index contributed by atoms with van der Waals surface area (Å²) >= 11 is 0. The lowest BCUT2D eigenvalue weighted by Crippen LogP contribution is -2.31. The smallest absolute Gasteiger partial charge is 0.407 e. The molecule has 0 spiro atoms. The van der Waals surface area contributed by atoms with E-state index < -0.39 is 17.1 Å². The molecule has 156 valence electrons. The molecule has 0 radical (unpaired) electrons. The lowest BCUT2D eigenvalue weighted by atomic mass is 10.1. The number of ether oxygens (including phenoxy) is 3. The number of methoxy groups -OCH3 is 1. The summed E-state index contributed by atoms with van der Waals surface area (Å²) in [4.78, 5) is 34.0. The van der Waals surface area contributed by atoms with E-state index in [1.165, 1.54) is 26.2 Å². The average Bonchev–Trinajstić information content (AvgIpc) is 2.63. The van der Waals surface area contributed by atoms with Gasteiger partial charge in [-0.3, -0.25) is 14.9 Å². The average molecular weight is 397 g/mol. The monoisotopic (exact) mass is 397 g/mol. The van der Waals surface area contributed by atoms with Gasteiger partial charge in [-0.1, -0.05) is 0 Å². The summed E-state index contributed by atoms with van der Waals surface area (Å²) in [6.45, 7) is 5.26. The third-order valence-corrected chi connectivity index (χ3v) is 3.72. The summed E-state index contributed by atoms with van der Waals surface area (Å²) in [5.74, 6) is 0.316. The van der Waals surface area contributed by atoms with E-state index in [-0.39, 0.29) is 47.7 Å². The molecule has 1 aromatic carbocycles. The zero-order valence-corrected chi connectivity index (χ0v) is 16.7. The van der Waals surface area contributed by atoms with Gasteiger partial charge in [0.25, 0.3) is 5.69 Å². The van der Waals surface area contributed by atoms with Gasteiger partial charge in [0.2, 0.25) is 5.91 Å². The van der Waals surface area contributed by atoms with Gasteiger partial charge in [0.1, 0.15) is 6.10 Å². The van der Waals surface area contributed by atoms with Gasteiger partial charge in [-0.2, -0.15) is 0 Å². The second kappa shape index (κ2) is 11.0. The SMILES string of the molecule is CNC(=O)CCCOc1cc([N+](=O)[O-])c(C(C)OC(=O)NC(C)C)cc1OC. The van der Waals surface area contributed by atoms with Gasteiger partial charge in [-0.25, -0.2) is 4.79 Å². The van der Waals surface area contributed by atoms with Crippen molar-refractivity contribution < 1.29 is 28.7 Å². The molecule has 0 aromatic heterocycles. The number of rotatable bonds is 10. The second-order valence-corrected chi connectivity index (χ2v) is 6.29. The molecule has 28 heavy (non-hydrogen) atoms. The fraction of sp³-hybridized carbons (Fsp3) is 0.556. The highest BCUT2D eigenvalue weighted by atomic mass is 16.6. The summed E-state index contributed by atoms with van der Waals surface area (Å²) in [6.07, 6.45) is -0.845. The minimum Gasteiger partial charge on any atom is -0.493 e. The number of carbonyl (C=O) groups excluding carboxylic acids is 2. The van der Waals surface area contributed by atoms with E-state index in [9.17, 15) is 19.7 Å². The van der Waals surface area contributed by atoms with Crippen LogP contribution in [0.4, 0.5) is 10.5 Å². The zero-order chi connectivity index (χ0) is 21.3. The molecule has 2 amide bonds. The predicted molar refractivity (Wildman–Crippen MR) is 102 cm³/mol. The van der Waals surface area contributed by atoms with Crippen molar-refractivity contribution in [2.75, 3.05) is 20.8 Å². The Morgan fingerprint density at radius 2 is 1.89 bits per heavy atom. The van der Waals surface area contributed by atoms with Crippen LogP contribution in [0.3, 0.4) is 0 Å². The fourth-order valence-corrected chi connectivity index (χ4v) is 2.35. The Labute approximate surface area is 163 Å². The molecule has 0 bridgehead atoms. The first kappa shape index (κ1) is 23.0. The van der Waals surface area contributed by atoms with Crippen molar-refractivity contribution in [3.8, 4) is 11.5 Å². The molecule has 10 nitrogen and oxygen atoms in total. The number of nitrogens with one attached hydrogen (secondary N) is 2. The standard InChI is InChI=1S/C18H27N3O7/c1-11(2)20-18(23)28-12(3)13-9-15(26-5)16(10-14(13)21(24)25)27-8-6-7-17(22)19-4/h9-12H,6-8H2,1-5H3,(H,19,22)(H,20,23). The summed E-state index contributed by atoms with van der Waals surface area (Å²) in [6, 6.07) is 2.52. The second-order valence-electron chi connectivity index (χ2n) is 6.29. The highest BCUT2D eigenvalue weighted by Crippen LogP contribution is 2.38. The lowest BCUT2D eigenvalue weighted by molar-refractivity contribution is -0.386. The van der Waals surface area contributed by atoms with Gasteiger partial charge >= 0.3 is 6.09 Å². The fourth-order valence-electron chi connectivity index (χ4n) is 2.35. The molecule has 0 aliphatic rings. The third kappa shape index (κ3) is 6.93. The van der Waals surface area contributed by atoms with Crippen LogP contribution in [0, 0.1) is 10.1 Å². The summed E-state index contributed by atoms with van der Waals surface area (Å²) in [5.41, 5.74) is -0.0783. The van der Waals surface area contributed by atoms with Crippen molar-refractivity contribution in [3.05, 3.63) is 27.8 Å². The third-order valence-electron chi connectivity index (χ3n) is 3.72. The van der Waals surface area contributed by atoms with Crippen molar-refractivity contribution in [1.29, 1.82) is 0 Å². The van der Waals surface area contributed by atoms with Gasteiger partial charge in [0, 0.05) is 19.5 Å². The molecule has 0 fully saturated rings. The van der Waals surface area contributed by atoms with Crippen molar-refractivity contribution in [2.24, 2.45) is 0 Å². The lowest BCUT2D eigenvalue weighted by Gasteiger charge is -2.18. The maximum absolute atomic E-state index is 11.8. The first-order chi connectivity index (χ1) is 13.2. The van der Waals surface area contributed by atoms with Gasteiger partial charge in [-0.15, -0.1) is 0 Å². The van der Waals surface area contributed by atoms with E-state index in [4.69, 9.17) is 14.2 Å². The molecule has 0 heterocycles. The van der Waals surface area contributed by atoms with Crippen molar-refractivity contribution in [1.82, 2.24) is 10.6 Å². The van der Waals surface area contributed by atoms with Crippen LogP contribution in [0.15, 0.2) is 12.1 Å². The molecule has 0 aliphatic carbocycles.